The van der Waals surface area contributed by atoms with E-state index in [0.29, 0.717) is 6.54 Å². The van der Waals surface area contributed by atoms with E-state index >= 15 is 0 Å². The van der Waals surface area contributed by atoms with Gasteiger partial charge >= 0.3 is 0 Å². The standard InChI is InChI=1S/C22H24N4O4/c1-13(26-21(28)18-16-6-7-17(30-16)19(18)22(26)29)20(27)24-10-14-2-4-15(5-3-14)11-25-9-8-23-12-25/h2-5,8-9,12-13,16-19H,6-7,10-11H2,1H3,(H,24,27). The predicted octanol–water partition coefficient (Wildman–Crippen LogP) is 1.10. The van der Waals surface area contributed by atoms with Gasteiger partial charge in [-0.1, -0.05) is 24.3 Å². The molecule has 1 aromatic heterocycles. The zero-order valence-corrected chi connectivity index (χ0v) is 16.7. The molecule has 3 saturated heterocycles. The van der Waals surface area contributed by atoms with E-state index in [1.54, 1.807) is 19.4 Å². The largest absolute Gasteiger partial charge is 0.373 e. The molecule has 3 fully saturated rings. The molecule has 3 amide bonds. The molecule has 0 aliphatic carbocycles. The van der Waals surface area contributed by atoms with Crippen molar-refractivity contribution in [2.75, 3.05) is 0 Å². The summed E-state index contributed by atoms with van der Waals surface area (Å²) in [5, 5.41) is 2.85. The summed E-state index contributed by atoms with van der Waals surface area (Å²) in [6, 6.07) is 7.12. The lowest BCUT2D eigenvalue weighted by Crippen LogP contribution is -2.49. The number of ether oxygens (including phenoxy) is 1. The molecular weight excluding hydrogens is 384 g/mol. The molecule has 156 valence electrons. The molecule has 5 unspecified atom stereocenters. The number of nitrogens with zero attached hydrogens (tertiary/aromatic N) is 3. The van der Waals surface area contributed by atoms with Gasteiger partial charge in [-0.15, -0.1) is 0 Å². The third-order valence-electron chi connectivity index (χ3n) is 6.50. The van der Waals surface area contributed by atoms with Crippen molar-refractivity contribution in [1.82, 2.24) is 19.8 Å². The van der Waals surface area contributed by atoms with Crippen molar-refractivity contribution >= 4 is 17.7 Å². The molecule has 8 nitrogen and oxygen atoms in total. The van der Waals surface area contributed by atoms with Gasteiger partial charge in [-0.25, -0.2) is 4.98 Å². The van der Waals surface area contributed by atoms with Crippen LogP contribution in [0.1, 0.15) is 30.9 Å². The minimum absolute atomic E-state index is 0.169. The van der Waals surface area contributed by atoms with E-state index in [2.05, 4.69) is 10.3 Å². The minimum Gasteiger partial charge on any atom is -0.373 e. The Labute approximate surface area is 174 Å². The van der Waals surface area contributed by atoms with Gasteiger partial charge in [0, 0.05) is 25.5 Å². The smallest absolute Gasteiger partial charge is 0.243 e. The fourth-order valence-corrected chi connectivity index (χ4v) is 4.92. The van der Waals surface area contributed by atoms with Gasteiger partial charge in [-0.2, -0.15) is 0 Å². The SMILES string of the molecule is CC(C(=O)NCc1ccc(Cn2ccnc2)cc1)N1C(=O)C2C3CCC(O3)C2C1=O. The Morgan fingerprint density at radius 1 is 1.13 bits per heavy atom. The summed E-state index contributed by atoms with van der Waals surface area (Å²) >= 11 is 0. The Bertz CT molecular complexity index is 944. The first-order chi connectivity index (χ1) is 14.5. The number of nitrogens with one attached hydrogen (secondary N) is 1. The van der Waals surface area contributed by atoms with Crippen molar-refractivity contribution in [1.29, 1.82) is 0 Å². The van der Waals surface area contributed by atoms with E-state index in [0.717, 1.165) is 35.4 Å². The molecule has 0 radical (unpaired) electrons. The Balaban J connectivity index is 1.19. The number of imidazole rings is 1. The summed E-state index contributed by atoms with van der Waals surface area (Å²) < 4.78 is 7.72. The first-order valence-electron chi connectivity index (χ1n) is 10.4. The van der Waals surface area contributed by atoms with Crippen LogP contribution in [0, 0.1) is 11.8 Å². The number of aromatic nitrogens is 2. The molecule has 0 saturated carbocycles. The highest BCUT2D eigenvalue weighted by Gasteiger charge is 2.63. The van der Waals surface area contributed by atoms with Crippen LogP contribution in [0.2, 0.25) is 0 Å². The fraction of sp³-hybridized carbons (Fsp3) is 0.455. The maximum Gasteiger partial charge on any atom is 0.243 e. The lowest BCUT2D eigenvalue weighted by molar-refractivity contribution is -0.149. The summed E-state index contributed by atoms with van der Waals surface area (Å²) in [6.07, 6.45) is 6.71. The maximum absolute atomic E-state index is 12.8. The lowest BCUT2D eigenvalue weighted by atomic mass is 9.81. The Morgan fingerprint density at radius 3 is 2.37 bits per heavy atom. The Morgan fingerprint density at radius 2 is 1.77 bits per heavy atom. The van der Waals surface area contributed by atoms with Crippen molar-refractivity contribution in [2.24, 2.45) is 11.8 Å². The van der Waals surface area contributed by atoms with Gasteiger partial charge in [-0.05, 0) is 30.9 Å². The predicted molar refractivity (Wildman–Crippen MR) is 106 cm³/mol. The number of hydrogen-bond acceptors (Lipinski definition) is 5. The highest BCUT2D eigenvalue weighted by atomic mass is 16.5. The number of hydrogen-bond donors (Lipinski definition) is 1. The van der Waals surface area contributed by atoms with Crippen molar-refractivity contribution in [3.05, 3.63) is 54.1 Å². The molecule has 1 N–H and O–H groups in total. The summed E-state index contributed by atoms with van der Waals surface area (Å²) in [5.41, 5.74) is 2.08. The number of fused-ring (bicyclic) bond motifs is 5. The summed E-state index contributed by atoms with van der Waals surface area (Å²) in [7, 11) is 0. The fourth-order valence-electron chi connectivity index (χ4n) is 4.92. The summed E-state index contributed by atoms with van der Waals surface area (Å²) in [6.45, 7) is 2.69. The minimum atomic E-state index is -0.824. The maximum atomic E-state index is 12.8. The first kappa shape index (κ1) is 19.0. The number of amides is 3. The van der Waals surface area contributed by atoms with E-state index in [1.165, 1.54) is 0 Å². The number of benzene rings is 1. The zero-order chi connectivity index (χ0) is 20.8. The van der Waals surface area contributed by atoms with Crippen LogP contribution in [-0.2, 0) is 32.2 Å². The molecule has 30 heavy (non-hydrogen) atoms. The van der Waals surface area contributed by atoms with Gasteiger partial charge in [0.1, 0.15) is 6.04 Å². The van der Waals surface area contributed by atoms with Crippen LogP contribution in [0.5, 0.6) is 0 Å². The van der Waals surface area contributed by atoms with Gasteiger partial charge in [0.15, 0.2) is 0 Å². The van der Waals surface area contributed by atoms with Crippen LogP contribution in [0.25, 0.3) is 0 Å². The van der Waals surface area contributed by atoms with Crippen LogP contribution in [0.15, 0.2) is 43.0 Å². The number of imide groups is 1. The van der Waals surface area contributed by atoms with E-state index in [9.17, 15) is 14.4 Å². The summed E-state index contributed by atoms with van der Waals surface area (Å²) in [4.78, 5) is 43.5. The third-order valence-corrected chi connectivity index (χ3v) is 6.50. The molecule has 2 aromatic rings. The van der Waals surface area contributed by atoms with Crippen LogP contribution < -0.4 is 5.32 Å². The molecule has 5 rings (SSSR count). The van der Waals surface area contributed by atoms with E-state index in [1.807, 2.05) is 35.0 Å². The average molecular weight is 408 g/mol. The Kier molecular flexibility index (Phi) is 4.66. The van der Waals surface area contributed by atoms with E-state index in [-0.39, 0.29) is 29.9 Å². The van der Waals surface area contributed by atoms with Crippen molar-refractivity contribution in [3.63, 3.8) is 0 Å². The van der Waals surface area contributed by atoms with Crippen LogP contribution in [-0.4, -0.2) is 50.4 Å². The van der Waals surface area contributed by atoms with Gasteiger partial charge < -0.3 is 14.6 Å². The summed E-state index contributed by atoms with van der Waals surface area (Å²) in [5.74, 6) is -1.66. The normalized spacial score (nSPS) is 28.1. The molecule has 0 spiro atoms. The van der Waals surface area contributed by atoms with Crippen LogP contribution in [0.4, 0.5) is 0 Å². The molecular formula is C22H24N4O4. The molecule has 5 atom stereocenters. The van der Waals surface area contributed by atoms with Crippen LogP contribution >= 0.6 is 0 Å². The Hall–Kier alpha value is -3.00. The van der Waals surface area contributed by atoms with Gasteiger partial charge in [0.2, 0.25) is 17.7 Å². The molecule has 2 bridgehead atoms. The van der Waals surface area contributed by atoms with Gasteiger partial charge in [0.25, 0.3) is 0 Å². The quantitative estimate of drug-likeness (QED) is 0.723. The molecule has 1 aromatic carbocycles. The van der Waals surface area contributed by atoms with Crippen LogP contribution in [0.3, 0.4) is 0 Å². The topological polar surface area (TPSA) is 93.5 Å². The number of rotatable bonds is 6. The van der Waals surface area contributed by atoms with Crippen molar-refractivity contribution < 1.29 is 19.1 Å². The van der Waals surface area contributed by atoms with Crippen molar-refractivity contribution in [2.45, 2.75) is 51.1 Å². The molecule has 8 heteroatoms. The highest BCUT2D eigenvalue weighted by Crippen LogP contribution is 2.48. The van der Waals surface area contributed by atoms with Crippen molar-refractivity contribution in [3.8, 4) is 0 Å². The molecule has 4 heterocycles. The third kappa shape index (κ3) is 3.11. The molecule has 3 aliphatic rings. The lowest BCUT2D eigenvalue weighted by Gasteiger charge is -2.24. The highest BCUT2D eigenvalue weighted by molar-refractivity contribution is 6.09. The van der Waals surface area contributed by atoms with E-state index in [4.69, 9.17) is 4.74 Å². The second-order valence-electron chi connectivity index (χ2n) is 8.33. The number of likely N-dealkylation sites (tertiary alicyclic amines) is 1. The van der Waals surface area contributed by atoms with E-state index < -0.39 is 17.9 Å². The number of carbonyl (C=O) groups excluding carboxylic acids is 3. The monoisotopic (exact) mass is 408 g/mol. The zero-order valence-electron chi connectivity index (χ0n) is 16.7. The average Bonchev–Trinajstić information content (AvgIpc) is 3.53. The first-order valence-corrected chi connectivity index (χ1v) is 10.4. The van der Waals surface area contributed by atoms with Gasteiger partial charge in [-0.3, -0.25) is 19.3 Å². The molecule has 3 aliphatic heterocycles. The second-order valence-corrected chi connectivity index (χ2v) is 8.33. The second kappa shape index (κ2) is 7.36. The van der Waals surface area contributed by atoms with Gasteiger partial charge in [0.05, 0.1) is 30.4 Å². The number of carbonyl (C=O) groups is 3.